The first kappa shape index (κ1) is 13.3. The maximum absolute atomic E-state index is 5.69. The van der Waals surface area contributed by atoms with Gasteiger partial charge in [-0.3, -0.25) is 4.90 Å². The molecule has 0 amide bonds. The first-order valence-electron chi connectivity index (χ1n) is 7.27. The van der Waals surface area contributed by atoms with Crippen molar-refractivity contribution in [3.05, 3.63) is 0 Å². The van der Waals surface area contributed by atoms with Gasteiger partial charge in [0.05, 0.1) is 6.61 Å². The molecular formula is C14H28N2O. The maximum atomic E-state index is 5.69. The third-order valence-electron chi connectivity index (χ3n) is 4.63. The molecule has 4 unspecified atom stereocenters. The molecule has 0 aromatic heterocycles. The summed E-state index contributed by atoms with van der Waals surface area (Å²) in [6.07, 6.45) is 2.51. The fourth-order valence-corrected chi connectivity index (χ4v) is 3.18. The van der Waals surface area contributed by atoms with Gasteiger partial charge in [-0.1, -0.05) is 20.8 Å². The van der Waals surface area contributed by atoms with Crippen LogP contribution in [0.5, 0.6) is 0 Å². The van der Waals surface area contributed by atoms with E-state index in [4.69, 9.17) is 4.74 Å². The molecule has 1 N–H and O–H groups in total. The minimum Gasteiger partial charge on any atom is -0.380 e. The van der Waals surface area contributed by atoms with Gasteiger partial charge in [0, 0.05) is 25.2 Å². The van der Waals surface area contributed by atoms with Gasteiger partial charge >= 0.3 is 0 Å². The molecule has 0 bridgehead atoms. The molecule has 2 rings (SSSR count). The normalized spacial score (nSPS) is 40.4. The summed E-state index contributed by atoms with van der Waals surface area (Å²) in [4.78, 5) is 2.66. The Bertz CT molecular complexity index is 232. The SMILES string of the molecule is CCNC1CCOCC1N1CCC(C)C(C)C1. The lowest BCUT2D eigenvalue weighted by molar-refractivity contribution is -0.0232. The zero-order valence-electron chi connectivity index (χ0n) is 11.6. The highest BCUT2D eigenvalue weighted by atomic mass is 16.5. The molecule has 100 valence electrons. The molecule has 3 nitrogen and oxygen atoms in total. The minimum absolute atomic E-state index is 0.596. The zero-order valence-corrected chi connectivity index (χ0v) is 11.6. The van der Waals surface area contributed by atoms with Crippen LogP contribution in [0, 0.1) is 11.8 Å². The third-order valence-corrected chi connectivity index (χ3v) is 4.63. The topological polar surface area (TPSA) is 24.5 Å². The quantitative estimate of drug-likeness (QED) is 0.813. The minimum atomic E-state index is 0.596. The smallest absolute Gasteiger partial charge is 0.0637 e. The number of ether oxygens (including phenoxy) is 1. The van der Waals surface area contributed by atoms with E-state index in [2.05, 4.69) is 31.0 Å². The van der Waals surface area contributed by atoms with Gasteiger partial charge < -0.3 is 10.1 Å². The Kier molecular flexibility index (Phi) is 4.83. The van der Waals surface area contributed by atoms with E-state index < -0.39 is 0 Å². The van der Waals surface area contributed by atoms with E-state index in [0.29, 0.717) is 12.1 Å². The number of nitrogens with zero attached hydrogens (tertiary/aromatic N) is 1. The number of rotatable bonds is 3. The van der Waals surface area contributed by atoms with E-state index >= 15 is 0 Å². The molecule has 0 spiro atoms. The van der Waals surface area contributed by atoms with E-state index in [1.807, 2.05) is 0 Å². The standard InChI is InChI=1S/C14H28N2O/c1-4-15-13-6-8-17-10-14(13)16-7-5-11(2)12(3)9-16/h11-15H,4-10H2,1-3H3. The molecule has 0 radical (unpaired) electrons. The molecule has 17 heavy (non-hydrogen) atoms. The van der Waals surface area contributed by atoms with Gasteiger partial charge in [-0.05, 0) is 37.8 Å². The molecule has 2 fully saturated rings. The average Bonchev–Trinajstić information content (AvgIpc) is 2.34. The summed E-state index contributed by atoms with van der Waals surface area (Å²) in [5.41, 5.74) is 0. The summed E-state index contributed by atoms with van der Waals surface area (Å²) in [6.45, 7) is 12.4. The molecular weight excluding hydrogens is 212 g/mol. The summed E-state index contributed by atoms with van der Waals surface area (Å²) in [6, 6.07) is 1.23. The predicted molar refractivity (Wildman–Crippen MR) is 71.2 cm³/mol. The second kappa shape index (κ2) is 6.17. The lowest BCUT2D eigenvalue weighted by atomic mass is 9.87. The average molecular weight is 240 g/mol. The highest BCUT2D eigenvalue weighted by Crippen LogP contribution is 2.26. The Morgan fingerprint density at radius 2 is 2.06 bits per heavy atom. The van der Waals surface area contributed by atoms with Gasteiger partial charge in [0.1, 0.15) is 0 Å². The van der Waals surface area contributed by atoms with Crippen molar-refractivity contribution in [3.63, 3.8) is 0 Å². The number of piperidine rings is 1. The van der Waals surface area contributed by atoms with Gasteiger partial charge in [-0.25, -0.2) is 0 Å². The Morgan fingerprint density at radius 3 is 2.76 bits per heavy atom. The second-order valence-corrected chi connectivity index (χ2v) is 5.83. The fraction of sp³-hybridized carbons (Fsp3) is 1.00. The van der Waals surface area contributed by atoms with Crippen molar-refractivity contribution in [2.75, 3.05) is 32.8 Å². The lowest BCUT2D eigenvalue weighted by Gasteiger charge is -2.45. The fourth-order valence-electron chi connectivity index (χ4n) is 3.18. The largest absolute Gasteiger partial charge is 0.380 e. The van der Waals surface area contributed by atoms with Crippen LogP contribution in [0.15, 0.2) is 0 Å². The zero-order chi connectivity index (χ0) is 12.3. The van der Waals surface area contributed by atoms with Gasteiger partial charge in [0.2, 0.25) is 0 Å². The highest BCUT2D eigenvalue weighted by Gasteiger charge is 2.33. The molecule has 0 aromatic carbocycles. The summed E-state index contributed by atoms with van der Waals surface area (Å²) < 4.78 is 5.69. The Hall–Kier alpha value is -0.120. The molecule has 0 aliphatic carbocycles. The van der Waals surface area contributed by atoms with Gasteiger partial charge in [-0.2, -0.15) is 0 Å². The van der Waals surface area contributed by atoms with Gasteiger partial charge in [-0.15, -0.1) is 0 Å². The van der Waals surface area contributed by atoms with Crippen molar-refractivity contribution in [1.29, 1.82) is 0 Å². The molecule has 3 heteroatoms. The van der Waals surface area contributed by atoms with Crippen molar-refractivity contribution in [1.82, 2.24) is 10.2 Å². The summed E-state index contributed by atoms with van der Waals surface area (Å²) >= 11 is 0. The van der Waals surface area contributed by atoms with Crippen molar-refractivity contribution in [2.45, 2.75) is 45.7 Å². The number of hydrogen-bond acceptors (Lipinski definition) is 3. The summed E-state index contributed by atoms with van der Waals surface area (Å²) in [7, 11) is 0. The van der Waals surface area contributed by atoms with Crippen LogP contribution in [-0.4, -0.2) is 49.8 Å². The Morgan fingerprint density at radius 1 is 1.24 bits per heavy atom. The van der Waals surface area contributed by atoms with Gasteiger partial charge in [0.25, 0.3) is 0 Å². The van der Waals surface area contributed by atoms with E-state index in [1.165, 1.54) is 25.9 Å². The first-order valence-corrected chi connectivity index (χ1v) is 7.27. The molecule has 4 atom stereocenters. The molecule has 0 aromatic rings. The van der Waals surface area contributed by atoms with Crippen molar-refractivity contribution >= 4 is 0 Å². The van der Waals surface area contributed by atoms with Crippen molar-refractivity contribution in [2.24, 2.45) is 11.8 Å². The maximum Gasteiger partial charge on any atom is 0.0637 e. The van der Waals surface area contributed by atoms with E-state index in [9.17, 15) is 0 Å². The summed E-state index contributed by atoms with van der Waals surface area (Å²) in [5, 5.41) is 3.64. The van der Waals surface area contributed by atoms with Crippen molar-refractivity contribution in [3.8, 4) is 0 Å². The molecule has 0 saturated carbocycles. The van der Waals surface area contributed by atoms with Crippen LogP contribution in [0.1, 0.15) is 33.6 Å². The molecule has 2 aliphatic rings. The number of likely N-dealkylation sites (N-methyl/N-ethyl adjacent to an activating group) is 1. The first-order chi connectivity index (χ1) is 8.22. The van der Waals surface area contributed by atoms with Crippen LogP contribution >= 0.6 is 0 Å². The molecule has 2 heterocycles. The molecule has 2 saturated heterocycles. The number of likely N-dealkylation sites (tertiary alicyclic amines) is 1. The Balaban J connectivity index is 1.94. The van der Waals surface area contributed by atoms with Crippen LogP contribution in [0.25, 0.3) is 0 Å². The van der Waals surface area contributed by atoms with Crippen LogP contribution in [0.3, 0.4) is 0 Å². The highest BCUT2D eigenvalue weighted by molar-refractivity contribution is 4.90. The van der Waals surface area contributed by atoms with E-state index in [-0.39, 0.29) is 0 Å². The van der Waals surface area contributed by atoms with Crippen LogP contribution in [0.4, 0.5) is 0 Å². The number of hydrogen-bond donors (Lipinski definition) is 1. The third kappa shape index (κ3) is 3.21. The monoisotopic (exact) mass is 240 g/mol. The van der Waals surface area contributed by atoms with Crippen LogP contribution in [0.2, 0.25) is 0 Å². The summed E-state index contributed by atoms with van der Waals surface area (Å²) in [5.74, 6) is 1.71. The predicted octanol–water partition coefficient (Wildman–Crippen LogP) is 1.73. The van der Waals surface area contributed by atoms with Crippen molar-refractivity contribution < 1.29 is 4.74 Å². The molecule has 2 aliphatic heterocycles. The van der Waals surface area contributed by atoms with Gasteiger partial charge in [0.15, 0.2) is 0 Å². The van der Waals surface area contributed by atoms with E-state index in [1.54, 1.807) is 0 Å². The van der Waals surface area contributed by atoms with Crippen LogP contribution in [-0.2, 0) is 4.74 Å². The van der Waals surface area contributed by atoms with E-state index in [0.717, 1.165) is 31.6 Å². The van der Waals surface area contributed by atoms with Crippen LogP contribution < -0.4 is 5.32 Å². The lowest BCUT2D eigenvalue weighted by Crippen LogP contribution is -2.58. The number of nitrogens with one attached hydrogen (secondary N) is 1. The second-order valence-electron chi connectivity index (χ2n) is 5.83. The Labute approximate surface area is 106 Å².